The van der Waals surface area contributed by atoms with Crippen molar-refractivity contribution in [1.82, 2.24) is 19.7 Å². The SMILES string of the molecule is NC(=O)c1nn(-c2cccc(OC(F)(F)F)c2)cc1NC(=O)c1coc(-c2ccnc(NCC(F)(F)F)c2)n1. The van der Waals surface area contributed by atoms with Crippen LogP contribution in [-0.2, 0) is 0 Å². The Morgan fingerprint density at radius 1 is 1.10 bits per heavy atom. The third-order valence-corrected chi connectivity index (χ3v) is 4.73. The number of carbonyl (C=O) groups is 2. The number of alkyl halides is 6. The van der Waals surface area contributed by atoms with Gasteiger partial charge in [-0.25, -0.2) is 14.6 Å². The lowest BCUT2D eigenvalue weighted by molar-refractivity contribution is -0.274. The minimum Gasteiger partial charge on any atom is -0.444 e. The number of ether oxygens (including phenoxy) is 1. The van der Waals surface area contributed by atoms with E-state index in [4.69, 9.17) is 10.2 Å². The third-order valence-electron chi connectivity index (χ3n) is 4.73. The van der Waals surface area contributed by atoms with Crippen molar-refractivity contribution in [3.8, 4) is 22.9 Å². The van der Waals surface area contributed by atoms with Crippen molar-refractivity contribution in [2.45, 2.75) is 12.5 Å². The maximum absolute atomic E-state index is 12.8. The number of pyridine rings is 1. The Kier molecular flexibility index (Phi) is 7.15. The van der Waals surface area contributed by atoms with Crippen LogP contribution in [0.15, 0.2) is 59.5 Å². The summed E-state index contributed by atoms with van der Waals surface area (Å²) < 4.78 is 85.1. The van der Waals surface area contributed by atoms with Crippen molar-refractivity contribution in [3.05, 3.63) is 66.4 Å². The molecule has 0 spiro atoms. The summed E-state index contributed by atoms with van der Waals surface area (Å²) in [4.78, 5) is 32.4. The van der Waals surface area contributed by atoms with Gasteiger partial charge in [0.15, 0.2) is 11.4 Å². The van der Waals surface area contributed by atoms with E-state index in [0.717, 1.165) is 29.3 Å². The molecule has 0 radical (unpaired) electrons. The van der Waals surface area contributed by atoms with Crippen LogP contribution in [0.2, 0.25) is 0 Å². The molecule has 1 aromatic carbocycles. The number of carbonyl (C=O) groups excluding carboxylic acids is 2. The number of oxazole rings is 1. The van der Waals surface area contributed by atoms with Crippen molar-refractivity contribution >= 4 is 23.3 Å². The predicted molar refractivity (Wildman–Crippen MR) is 121 cm³/mol. The molecule has 11 nitrogen and oxygen atoms in total. The lowest BCUT2D eigenvalue weighted by Gasteiger charge is -2.09. The molecule has 3 aromatic heterocycles. The second kappa shape index (κ2) is 10.3. The minimum atomic E-state index is -4.94. The van der Waals surface area contributed by atoms with Crippen LogP contribution in [0.25, 0.3) is 17.1 Å². The summed E-state index contributed by atoms with van der Waals surface area (Å²) in [6.45, 7) is -1.32. The van der Waals surface area contributed by atoms with E-state index in [9.17, 15) is 35.9 Å². The molecule has 0 fully saturated rings. The van der Waals surface area contributed by atoms with Gasteiger partial charge in [0, 0.05) is 17.8 Å². The minimum absolute atomic E-state index is 0.0519. The number of primary amides is 1. The number of rotatable bonds is 8. The average Bonchev–Trinajstić information content (AvgIpc) is 3.50. The summed E-state index contributed by atoms with van der Waals surface area (Å²) in [6, 6.07) is 7.28. The molecule has 3 heterocycles. The molecule has 4 aromatic rings. The lowest BCUT2D eigenvalue weighted by atomic mass is 10.2. The van der Waals surface area contributed by atoms with E-state index in [0.29, 0.717) is 0 Å². The van der Waals surface area contributed by atoms with Gasteiger partial charge in [0.25, 0.3) is 11.8 Å². The first-order chi connectivity index (χ1) is 18.3. The molecule has 2 amide bonds. The van der Waals surface area contributed by atoms with E-state index in [1.54, 1.807) is 0 Å². The van der Waals surface area contributed by atoms with E-state index in [-0.39, 0.29) is 34.3 Å². The summed E-state index contributed by atoms with van der Waals surface area (Å²) in [5.41, 5.74) is 4.70. The van der Waals surface area contributed by atoms with Gasteiger partial charge < -0.3 is 25.5 Å². The molecular formula is C22H15F6N7O4. The first-order valence-corrected chi connectivity index (χ1v) is 10.6. The van der Waals surface area contributed by atoms with Gasteiger partial charge in [0.2, 0.25) is 5.89 Å². The zero-order chi connectivity index (χ0) is 28.4. The fourth-order valence-electron chi connectivity index (χ4n) is 3.15. The zero-order valence-electron chi connectivity index (χ0n) is 19.2. The first kappa shape index (κ1) is 27.0. The smallest absolute Gasteiger partial charge is 0.444 e. The summed E-state index contributed by atoms with van der Waals surface area (Å²) in [5.74, 6) is -2.72. The highest BCUT2D eigenvalue weighted by atomic mass is 19.4. The molecule has 0 bridgehead atoms. The average molecular weight is 555 g/mol. The summed E-state index contributed by atoms with van der Waals surface area (Å²) >= 11 is 0. The van der Waals surface area contributed by atoms with Crippen molar-refractivity contribution in [2.24, 2.45) is 5.73 Å². The van der Waals surface area contributed by atoms with Gasteiger partial charge in [0.05, 0.1) is 17.6 Å². The molecule has 0 saturated heterocycles. The highest BCUT2D eigenvalue weighted by Crippen LogP contribution is 2.26. The third kappa shape index (κ3) is 7.02. The van der Waals surface area contributed by atoms with E-state index < -0.39 is 42.3 Å². The molecule has 4 N–H and O–H groups in total. The lowest BCUT2D eigenvalue weighted by Crippen LogP contribution is -2.21. The first-order valence-electron chi connectivity index (χ1n) is 10.6. The second-order valence-electron chi connectivity index (χ2n) is 7.64. The Morgan fingerprint density at radius 2 is 1.87 bits per heavy atom. The predicted octanol–water partition coefficient (Wildman–Crippen LogP) is 4.15. The fraction of sp³-hybridized carbons (Fsp3) is 0.136. The van der Waals surface area contributed by atoms with E-state index in [2.05, 4.69) is 30.4 Å². The van der Waals surface area contributed by atoms with Crippen LogP contribution >= 0.6 is 0 Å². The van der Waals surface area contributed by atoms with Crippen molar-refractivity contribution < 1.29 is 45.1 Å². The van der Waals surface area contributed by atoms with Gasteiger partial charge in [-0.3, -0.25) is 9.59 Å². The molecule has 0 atom stereocenters. The fourth-order valence-corrected chi connectivity index (χ4v) is 3.15. The number of halogens is 6. The van der Waals surface area contributed by atoms with E-state index in [1.807, 2.05) is 0 Å². The highest BCUT2D eigenvalue weighted by Gasteiger charge is 2.31. The van der Waals surface area contributed by atoms with Crippen molar-refractivity contribution in [1.29, 1.82) is 0 Å². The number of anilines is 2. The van der Waals surface area contributed by atoms with Gasteiger partial charge in [-0.2, -0.15) is 18.3 Å². The van der Waals surface area contributed by atoms with Crippen LogP contribution in [0.1, 0.15) is 21.0 Å². The Hall–Kier alpha value is -5.09. The topological polar surface area (TPSA) is 150 Å². The largest absolute Gasteiger partial charge is 0.573 e. The Labute approximate surface area is 213 Å². The summed E-state index contributed by atoms with van der Waals surface area (Å²) in [6.07, 6.45) is -6.11. The maximum atomic E-state index is 12.8. The van der Waals surface area contributed by atoms with Crippen LogP contribution < -0.4 is 21.1 Å². The van der Waals surface area contributed by atoms with Crippen LogP contribution in [0.5, 0.6) is 5.75 Å². The quantitative estimate of drug-likeness (QED) is 0.275. The van der Waals surface area contributed by atoms with Crippen LogP contribution in [0.4, 0.5) is 37.8 Å². The van der Waals surface area contributed by atoms with Gasteiger partial charge >= 0.3 is 12.5 Å². The number of benzene rings is 1. The zero-order valence-corrected chi connectivity index (χ0v) is 19.2. The molecule has 0 aliphatic heterocycles. The summed E-state index contributed by atoms with van der Waals surface area (Å²) in [7, 11) is 0. The number of hydrogen-bond acceptors (Lipinski definition) is 8. The Balaban J connectivity index is 1.53. The number of nitrogens with zero attached hydrogens (tertiary/aromatic N) is 4. The maximum Gasteiger partial charge on any atom is 0.573 e. The Bertz CT molecular complexity index is 1510. The number of aromatic nitrogens is 4. The van der Waals surface area contributed by atoms with Gasteiger partial charge in [-0.1, -0.05) is 6.07 Å². The molecule has 0 aliphatic carbocycles. The van der Waals surface area contributed by atoms with Crippen LogP contribution in [0, 0.1) is 0 Å². The van der Waals surface area contributed by atoms with Crippen LogP contribution in [0.3, 0.4) is 0 Å². The molecule has 0 unspecified atom stereocenters. The Morgan fingerprint density at radius 3 is 2.56 bits per heavy atom. The normalized spacial score (nSPS) is 11.7. The molecule has 0 aliphatic rings. The molecule has 4 rings (SSSR count). The molecular weight excluding hydrogens is 540 g/mol. The molecule has 17 heteroatoms. The van der Waals surface area contributed by atoms with Gasteiger partial charge in [-0.15, -0.1) is 13.2 Å². The van der Waals surface area contributed by atoms with Crippen molar-refractivity contribution in [2.75, 3.05) is 17.2 Å². The van der Waals surface area contributed by atoms with Gasteiger partial charge in [-0.05, 0) is 24.3 Å². The number of nitrogens with two attached hydrogens (primary N) is 1. The number of nitrogens with one attached hydrogen (secondary N) is 2. The van der Waals surface area contributed by atoms with Crippen molar-refractivity contribution in [3.63, 3.8) is 0 Å². The molecule has 204 valence electrons. The van der Waals surface area contributed by atoms with Crippen LogP contribution in [-0.4, -0.2) is 50.6 Å². The van der Waals surface area contributed by atoms with E-state index >= 15 is 0 Å². The number of hydrogen-bond donors (Lipinski definition) is 3. The summed E-state index contributed by atoms with van der Waals surface area (Å²) in [5, 5.41) is 8.37. The standard InChI is InChI=1S/C22H15F6N7O4/c23-21(24,25)10-31-16-6-11(4-5-30-16)20-33-15(9-38-20)19(37)32-14-8-35(34-17(14)18(29)36)12-2-1-3-13(7-12)39-22(26,27)28/h1-9H,10H2,(H2,29,36)(H,30,31)(H,32,37). The number of amides is 2. The molecule has 0 saturated carbocycles. The second-order valence-corrected chi connectivity index (χ2v) is 7.64. The molecule has 39 heavy (non-hydrogen) atoms. The highest BCUT2D eigenvalue weighted by molar-refractivity contribution is 6.07. The van der Waals surface area contributed by atoms with E-state index in [1.165, 1.54) is 30.5 Å². The van der Waals surface area contributed by atoms with Gasteiger partial charge in [0.1, 0.15) is 24.4 Å². The monoisotopic (exact) mass is 555 g/mol.